The van der Waals surface area contributed by atoms with Gasteiger partial charge < -0.3 is 20.3 Å². The van der Waals surface area contributed by atoms with Gasteiger partial charge in [-0.15, -0.1) is 0 Å². The maximum absolute atomic E-state index is 12.5. The average molecular weight is 921 g/mol. The highest BCUT2D eigenvalue weighted by Gasteiger charge is 2.20. The molecule has 0 aliphatic heterocycles. The van der Waals surface area contributed by atoms with Gasteiger partial charge in [0.25, 0.3) is 0 Å². The Morgan fingerprint density at radius 1 is 0.369 bits per heavy atom. The number of amides is 1. The van der Waals surface area contributed by atoms with Crippen LogP contribution in [0.5, 0.6) is 0 Å². The van der Waals surface area contributed by atoms with Crippen LogP contribution in [0.15, 0.2) is 0 Å². The van der Waals surface area contributed by atoms with Gasteiger partial charge in [-0.05, 0) is 25.7 Å². The summed E-state index contributed by atoms with van der Waals surface area (Å²) in [4.78, 5) is 24.6. The molecule has 3 N–H and O–H groups in total. The van der Waals surface area contributed by atoms with E-state index < -0.39 is 12.1 Å². The molecular formula is C59H117NO5. The summed E-state index contributed by atoms with van der Waals surface area (Å²) >= 11 is 0. The molecule has 0 rings (SSSR count). The van der Waals surface area contributed by atoms with E-state index in [0.29, 0.717) is 25.9 Å². The lowest BCUT2D eigenvalue weighted by atomic mass is 10.0. The first-order valence-corrected chi connectivity index (χ1v) is 29.8. The molecule has 0 aliphatic carbocycles. The predicted octanol–water partition coefficient (Wildman–Crippen LogP) is 18.3. The second-order valence-electron chi connectivity index (χ2n) is 20.7. The van der Waals surface area contributed by atoms with Gasteiger partial charge in [-0.3, -0.25) is 9.59 Å². The molecule has 0 heterocycles. The fourth-order valence-electron chi connectivity index (χ4n) is 9.58. The van der Waals surface area contributed by atoms with Crippen LogP contribution in [0.3, 0.4) is 0 Å². The Bertz CT molecular complexity index is 928. The van der Waals surface area contributed by atoms with E-state index in [1.807, 2.05) is 0 Å². The smallest absolute Gasteiger partial charge is 0.305 e. The summed E-state index contributed by atoms with van der Waals surface area (Å²) in [7, 11) is 0. The lowest BCUT2D eigenvalue weighted by Gasteiger charge is -2.22. The van der Waals surface area contributed by atoms with Crippen LogP contribution in [0.1, 0.15) is 341 Å². The number of aliphatic hydroxyl groups excluding tert-OH is 2. The fourth-order valence-corrected chi connectivity index (χ4v) is 9.58. The Balaban J connectivity index is 3.43. The molecule has 0 fully saturated rings. The first kappa shape index (κ1) is 63.9. The summed E-state index contributed by atoms with van der Waals surface area (Å²) < 4.78 is 5.47. The van der Waals surface area contributed by atoms with Crippen LogP contribution in [0, 0.1) is 0 Å². The third kappa shape index (κ3) is 52.1. The van der Waals surface area contributed by atoms with Crippen molar-refractivity contribution in [1.82, 2.24) is 5.32 Å². The molecule has 6 heteroatoms. The van der Waals surface area contributed by atoms with Crippen molar-refractivity contribution < 1.29 is 24.5 Å². The average Bonchev–Trinajstić information content (AvgIpc) is 3.31. The monoisotopic (exact) mass is 920 g/mol. The zero-order chi connectivity index (χ0) is 47.2. The molecule has 0 saturated carbocycles. The van der Waals surface area contributed by atoms with Crippen molar-refractivity contribution in [2.45, 2.75) is 353 Å². The number of esters is 1. The maximum Gasteiger partial charge on any atom is 0.305 e. The van der Waals surface area contributed by atoms with Gasteiger partial charge in [-0.1, -0.05) is 303 Å². The van der Waals surface area contributed by atoms with Crippen LogP contribution in [-0.2, 0) is 14.3 Å². The van der Waals surface area contributed by atoms with Gasteiger partial charge in [0, 0.05) is 12.8 Å². The summed E-state index contributed by atoms with van der Waals surface area (Å²) in [5, 5.41) is 23.3. The molecule has 65 heavy (non-hydrogen) atoms. The van der Waals surface area contributed by atoms with Gasteiger partial charge in [0.15, 0.2) is 0 Å². The normalized spacial score (nSPS) is 12.5. The number of nitrogens with one attached hydrogen (secondary N) is 1. The first-order chi connectivity index (χ1) is 32.0. The SMILES string of the molecule is CCCCCCCCCCCCCCCCCCCCCCCCC(O)C(CO)NC(=O)CCCCCCCCCCCCCCOC(=O)CCCCCCCCCCCCCCCC. The molecule has 6 nitrogen and oxygen atoms in total. The minimum absolute atomic E-state index is 0.00542. The molecule has 2 atom stereocenters. The van der Waals surface area contributed by atoms with E-state index in [2.05, 4.69) is 19.2 Å². The van der Waals surface area contributed by atoms with Crippen molar-refractivity contribution in [3.63, 3.8) is 0 Å². The lowest BCUT2D eigenvalue weighted by molar-refractivity contribution is -0.143. The van der Waals surface area contributed by atoms with Crippen molar-refractivity contribution in [3.8, 4) is 0 Å². The lowest BCUT2D eigenvalue weighted by Crippen LogP contribution is -2.45. The van der Waals surface area contributed by atoms with E-state index in [9.17, 15) is 19.8 Å². The quantitative estimate of drug-likeness (QED) is 0.0417. The molecule has 2 unspecified atom stereocenters. The van der Waals surface area contributed by atoms with Crippen LogP contribution in [0.4, 0.5) is 0 Å². The molecular weight excluding hydrogens is 803 g/mol. The summed E-state index contributed by atoms with van der Waals surface area (Å²) in [6, 6.07) is -0.552. The van der Waals surface area contributed by atoms with E-state index in [1.54, 1.807) is 0 Å². The Kier molecular flexibility index (Phi) is 54.5. The second-order valence-corrected chi connectivity index (χ2v) is 20.7. The molecule has 0 radical (unpaired) electrons. The molecule has 0 aliphatic rings. The van der Waals surface area contributed by atoms with E-state index in [0.717, 1.165) is 57.8 Å². The fraction of sp³-hybridized carbons (Fsp3) is 0.966. The Labute approximate surface area is 406 Å². The number of aliphatic hydroxyl groups is 2. The van der Waals surface area contributed by atoms with E-state index in [1.165, 1.54) is 250 Å². The number of hydrogen-bond donors (Lipinski definition) is 3. The first-order valence-electron chi connectivity index (χ1n) is 29.8. The molecule has 0 saturated heterocycles. The van der Waals surface area contributed by atoms with Crippen LogP contribution in [0.25, 0.3) is 0 Å². The van der Waals surface area contributed by atoms with Crippen molar-refractivity contribution >= 4 is 11.9 Å². The minimum atomic E-state index is -0.674. The highest BCUT2D eigenvalue weighted by atomic mass is 16.5. The molecule has 0 spiro atoms. The van der Waals surface area contributed by atoms with Gasteiger partial charge in [0.2, 0.25) is 5.91 Å². The van der Waals surface area contributed by atoms with Gasteiger partial charge in [0.1, 0.15) is 0 Å². The molecule has 1 amide bonds. The molecule has 0 aromatic heterocycles. The summed E-state index contributed by atoms with van der Waals surface area (Å²) in [6.07, 6.45) is 63.8. The molecule has 0 aromatic rings. The number of rotatable bonds is 56. The minimum Gasteiger partial charge on any atom is -0.466 e. The number of carbonyl (C=O) groups is 2. The number of hydrogen-bond acceptors (Lipinski definition) is 5. The third-order valence-corrected chi connectivity index (χ3v) is 14.2. The number of unbranched alkanes of at least 4 members (excludes halogenated alkanes) is 45. The van der Waals surface area contributed by atoms with Gasteiger partial charge in [-0.25, -0.2) is 0 Å². The standard InChI is InChI=1S/C59H117NO5/c1-3-5-7-9-11-13-15-17-19-20-21-22-23-24-25-26-27-31-35-39-43-47-51-57(62)56(55-61)60-58(63)52-48-44-40-36-32-29-30-34-38-42-46-50-54-65-59(64)53-49-45-41-37-33-28-18-16-14-12-10-8-6-4-2/h56-57,61-62H,3-55H2,1-2H3,(H,60,63). The zero-order valence-electron chi connectivity index (χ0n) is 44.3. The van der Waals surface area contributed by atoms with E-state index in [4.69, 9.17) is 4.74 Å². The molecule has 0 bridgehead atoms. The van der Waals surface area contributed by atoms with Gasteiger partial charge >= 0.3 is 5.97 Å². The third-order valence-electron chi connectivity index (χ3n) is 14.2. The topological polar surface area (TPSA) is 95.9 Å². The molecule has 0 aromatic carbocycles. The van der Waals surface area contributed by atoms with E-state index >= 15 is 0 Å². The van der Waals surface area contributed by atoms with E-state index in [-0.39, 0.29) is 18.5 Å². The Morgan fingerprint density at radius 2 is 0.631 bits per heavy atom. The Hall–Kier alpha value is -1.14. The summed E-state index contributed by atoms with van der Waals surface area (Å²) in [6.45, 7) is 4.95. The largest absolute Gasteiger partial charge is 0.466 e. The summed E-state index contributed by atoms with van der Waals surface area (Å²) in [5.74, 6) is -0.0512. The zero-order valence-corrected chi connectivity index (χ0v) is 44.3. The Morgan fingerprint density at radius 3 is 0.938 bits per heavy atom. The van der Waals surface area contributed by atoms with Crippen molar-refractivity contribution in [2.24, 2.45) is 0 Å². The highest BCUT2D eigenvalue weighted by molar-refractivity contribution is 5.76. The van der Waals surface area contributed by atoms with Crippen LogP contribution in [0.2, 0.25) is 0 Å². The van der Waals surface area contributed by atoms with Crippen LogP contribution < -0.4 is 5.32 Å². The number of ether oxygens (including phenoxy) is 1. The van der Waals surface area contributed by atoms with Crippen molar-refractivity contribution in [2.75, 3.05) is 13.2 Å². The molecule has 388 valence electrons. The number of carbonyl (C=O) groups excluding carboxylic acids is 2. The van der Waals surface area contributed by atoms with Gasteiger partial charge in [-0.2, -0.15) is 0 Å². The van der Waals surface area contributed by atoms with Crippen LogP contribution in [-0.4, -0.2) is 47.4 Å². The second kappa shape index (κ2) is 55.5. The van der Waals surface area contributed by atoms with Crippen molar-refractivity contribution in [3.05, 3.63) is 0 Å². The van der Waals surface area contributed by atoms with Gasteiger partial charge in [0.05, 0.1) is 25.4 Å². The predicted molar refractivity (Wildman–Crippen MR) is 283 cm³/mol. The highest BCUT2D eigenvalue weighted by Crippen LogP contribution is 2.18. The summed E-state index contributed by atoms with van der Waals surface area (Å²) in [5.41, 5.74) is 0. The van der Waals surface area contributed by atoms with Crippen molar-refractivity contribution in [1.29, 1.82) is 0 Å². The van der Waals surface area contributed by atoms with Crippen LogP contribution >= 0.6 is 0 Å². The maximum atomic E-state index is 12.5.